The summed E-state index contributed by atoms with van der Waals surface area (Å²) in [6.07, 6.45) is 6.97. The van der Waals surface area contributed by atoms with E-state index < -0.39 is 0 Å². The van der Waals surface area contributed by atoms with E-state index in [4.69, 9.17) is 9.72 Å². The summed E-state index contributed by atoms with van der Waals surface area (Å²) < 4.78 is 7.43. The Bertz CT molecular complexity index is 1530. The molecule has 3 aromatic heterocycles. The Morgan fingerprint density at radius 1 is 1.20 bits per heavy atom. The smallest absolute Gasteiger partial charge is 0.273 e. The molecule has 0 saturated carbocycles. The van der Waals surface area contributed by atoms with Gasteiger partial charge in [-0.1, -0.05) is 17.3 Å². The van der Waals surface area contributed by atoms with Crippen molar-refractivity contribution in [2.45, 2.75) is 64.7 Å². The predicted octanol–water partition coefficient (Wildman–Crippen LogP) is 3.73. The lowest BCUT2D eigenvalue weighted by molar-refractivity contribution is 0.0924. The Morgan fingerprint density at radius 3 is 2.80 bits per heavy atom. The second kappa shape index (κ2) is 11.0. The van der Waals surface area contributed by atoms with Crippen LogP contribution < -0.4 is 10.6 Å². The first-order valence-corrected chi connectivity index (χ1v) is 14.0. The van der Waals surface area contributed by atoms with Crippen LogP contribution in [0.5, 0.6) is 0 Å². The minimum Gasteiger partial charge on any atom is -0.380 e. The van der Waals surface area contributed by atoms with Crippen LogP contribution in [0.25, 0.3) is 11.3 Å². The SMILES string of the molecule is Cc1[nH]ncc1Nc1nccc(-c2ccc3c(c2)CN(C2CCOC2)CCC3NC(=O)c2cn(C(C)(C)C)nn2)n1. The van der Waals surface area contributed by atoms with Gasteiger partial charge in [0.2, 0.25) is 5.95 Å². The van der Waals surface area contributed by atoms with Gasteiger partial charge in [0.25, 0.3) is 5.91 Å². The number of aryl methyl sites for hydroxylation is 1. The Morgan fingerprint density at radius 2 is 2.07 bits per heavy atom. The van der Waals surface area contributed by atoms with E-state index in [-0.39, 0.29) is 17.5 Å². The summed E-state index contributed by atoms with van der Waals surface area (Å²) in [5.74, 6) is 0.277. The summed E-state index contributed by atoms with van der Waals surface area (Å²) in [4.78, 5) is 24.9. The first-order chi connectivity index (χ1) is 19.7. The van der Waals surface area contributed by atoms with Gasteiger partial charge >= 0.3 is 0 Å². The minimum absolute atomic E-state index is 0.162. The predicted molar refractivity (Wildman–Crippen MR) is 154 cm³/mol. The van der Waals surface area contributed by atoms with E-state index in [0.29, 0.717) is 17.7 Å². The zero-order valence-electron chi connectivity index (χ0n) is 23.9. The summed E-state index contributed by atoms with van der Waals surface area (Å²) in [6.45, 7) is 11.2. The average Bonchev–Trinajstić information content (AvgIpc) is 3.72. The molecule has 5 heterocycles. The lowest BCUT2D eigenvalue weighted by Gasteiger charge is -2.26. The van der Waals surface area contributed by atoms with Crippen molar-refractivity contribution in [3.05, 3.63) is 65.4 Å². The second-order valence-corrected chi connectivity index (χ2v) is 11.7. The van der Waals surface area contributed by atoms with Gasteiger partial charge in [0, 0.05) is 37.5 Å². The van der Waals surface area contributed by atoms with Crippen LogP contribution in [0.4, 0.5) is 11.6 Å². The fourth-order valence-electron chi connectivity index (χ4n) is 5.37. The molecule has 12 heteroatoms. The number of benzene rings is 1. The van der Waals surface area contributed by atoms with Crippen molar-refractivity contribution < 1.29 is 9.53 Å². The Balaban J connectivity index is 1.29. The monoisotopic (exact) mass is 556 g/mol. The number of H-pyrrole nitrogens is 1. The van der Waals surface area contributed by atoms with Crippen molar-refractivity contribution in [3.8, 4) is 11.3 Å². The third kappa shape index (κ3) is 5.84. The number of carbonyl (C=O) groups is 1. The van der Waals surface area contributed by atoms with Crippen LogP contribution in [0.1, 0.15) is 67.0 Å². The normalized spacial score (nSPS) is 19.5. The maximum atomic E-state index is 13.3. The number of carbonyl (C=O) groups excluding carboxylic acids is 1. The van der Waals surface area contributed by atoms with Gasteiger partial charge < -0.3 is 15.4 Å². The van der Waals surface area contributed by atoms with E-state index in [1.165, 1.54) is 0 Å². The average molecular weight is 557 g/mol. The van der Waals surface area contributed by atoms with Gasteiger partial charge in [-0.25, -0.2) is 14.6 Å². The molecule has 1 fully saturated rings. The number of rotatable bonds is 6. The fraction of sp³-hybridized carbons (Fsp3) is 0.448. The maximum absolute atomic E-state index is 13.3. The summed E-state index contributed by atoms with van der Waals surface area (Å²) in [7, 11) is 0. The van der Waals surface area contributed by atoms with Crippen molar-refractivity contribution in [3.63, 3.8) is 0 Å². The van der Waals surface area contributed by atoms with Gasteiger partial charge in [0.15, 0.2) is 5.69 Å². The topological polar surface area (TPSA) is 139 Å². The molecule has 0 bridgehead atoms. The van der Waals surface area contributed by atoms with Crippen molar-refractivity contribution in [2.24, 2.45) is 0 Å². The molecule has 1 aromatic carbocycles. The van der Waals surface area contributed by atoms with Crippen molar-refractivity contribution in [1.29, 1.82) is 0 Å². The molecule has 0 radical (unpaired) electrons. The quantitative estimate of drug-likeness (QED) is 0.324. The van der Waals surface area contributed by atoms with Crippen LogP contribution in [0.15, 0.2) is 42.9 Å². The highest BCUT2D eigenvalue weighted by Gasteiger charge is 2.30. The largest absolute Gasteiger partial charge is 0.380 e. The summed E-state index contributed by atoms with van der Waals surface area (Å²) in [5.41, 5.74) is 5.87. The van der Waals surface area contributed by atoms with Gasteiger partial charge in [-0.2, -0.15) is 5.10 Å². The first-order valence-electron chi connectivity index (χ1n) is 14.0. The number of nitrogens with one attached hydrogen (secondary N) is 3. The molecule has 6 rings (SSSR count). The van der Waals surface area contributed by atoms with E-state index >= 15 is 0 Å². The van der Waals surface area contributed by atoms with Crippen LogP contribution in [0, 0.1) is 6.92 Å². The highest BCUT2D eigenvalue weighted by Crippen LogP contribution is 2.33. The summed E-state index contributed by atoms with van der Waals surface area (Å²) >= 11 is 0. The van der Waals surface area contributed by atoms with Gasteiger partial charge in [-0.3, -0.25) is 14.8 Å². The molecular formula is C29H36N10O2. The van der Waals surface area contributed by atoms with Gasteiger partial charge in [0.1, 0.15) is 0 Å². The van der Waals surface area contributed by atoms with Crippen LogP contribution in [0.3, 0.4) is 0 Å². The van der Waals surface area contributed by atoms with Crippen molar-refractivity contribution in [2.75, 3.05) is 25.1 Å². The highest BCUT2D eigenvalue weighted by atomic mass is 16.5. The summed E-state index contributed by atoms with van der Waals surface area (Å²) in [5, 5.41) is 21.8. The van der Waals surface area contributed by atoms with Gasteiger partial charge in [-0.05, 0) is 63.8 Å². The molecule has 4 aromatic rings. The number of hydrogen-bond donors (Lipinski definition) is 3. The molecule has 2 unspecified atom stereocenters. The summed E-state index contributed by atoms with van der Waals surface area (Å²) in [6, 6.07) is 8.48. The number of fused-ring (bicyclic) bond motifs is 1. The van der Waals surface area contributed by atoms with Gasteiger partial charge in [0.05, 0.1) is 47.7 Å². The fourth-order valence-corrected chi connectivity index (χ4v) is 5.37. The first kappa shape index (κ1) is 27.0. The molecular weight excluding hydrogens is 520 g/mol. The van der Waals surface area contributed by atoms with E-state index in [1.54, 1.807) is 23.3 Å². The number of aromatic amines is 1. The lowest BCUT2D eigenvalue weighted by Crippen LogP contribution is -2.36. The van der Waals surface area contributed by atoms with E-state index in [1.807, 2.05) is 33.8 Å². The van der Waals surface area contributed by atoms with E-state index in [2.05, 4.69) is 59.2 Å². The zero-order chi connectivity index (χ0) is 28.6. The third-order valence-corrected chi connectivity index (χ3v) is 7.77. The highest BCUT2D eigenvalue weighted by molar-refractivity contribution is 5.92. The molecule has 0 spiro atoms. The van der Waals surface area contributed by atoms with Crippen LogP contribution in [0.2, 0.25) is 0 Å². The van der Waals surface area contributed by atoms with E-state index in [9.17, 15) is 4.79 Å². The number of amides is 1. The molecule has 2 aliphatic heterocycles. The number of aromatic nitrogens is 7. The molecule has 41 heavy (non-hydrogen) atoms. The Kier molecular flexibility index (Phi) is 7.26. The van der Waals surface area contributed by atoms with Crippen molar-refractivity contribution >= 4 is 17.5 Å². The van der Waals surface area contributed by atoms with Crippen molar-refractivity contribution in [1.82, 2.24) is 45.4 Å². The zero-order valence-corrected chi connectivity index (χ0v) is 23.9. The Hall–Kier alpha value is -4.16. The Labute approximate surface area is 238 Å². The number of hydrogen-bond acceptors (Lipinski definition) is 9. The number of ether oxygens (including phenoxy) is 1. The van der Waals surface area contributed by atoms with E-state index in [0.717, 1.165) is 72.9 Å². The molecule has 12 nitrogen and oxygen atoms in total. The standard InChI is InChI=1S/C29H36N10O2/c1-18-25(14-31-35-18)34-28-30-10-7-23(33-28)19-5-6-22-20(13-19)15-38(21-9-12-41-17-21)11-8-24(22)32-27(40)26-16-39(37-36-26)29(2,3)4/h5-7,10,13-14,16,21,24H,8-9,11-12,15,17H2,1-4H3,(H,31,35)(H,32,40)(H,30,33,34). The minimum atomic E-state index is -0.256. The molecule has 2 atom stereocenters. The second-order valence-electron chi connectivity index (χ2n) is 11.7. The van der Waals surface area contributed by atoms with Gasteiger partial charge in [-0.15, -0.1) is 5.10 Å². The number of nitrogens with zero attached hydrogens (tertiary/aromatic N) is 7. The molecule has 1 amide bonds. The molecule has 0 aliphatic carbocycles. The lowest BCUT2D eigenvalue weighted by atomic mass is 9.96. The molecule has 214 valence electrons. The number of anilines is 2. The van der Waals surface area contributed by atoms with Crippen LogP contribution in [-0.4, -0.2) is 71.8 Å². The maximum Gasteiger partial charge on any atom is 0.273 e. The molecule has 2 aliphatic rings. The third-order valence-electron chi connectivity index (χ3n) is 7.77. The van der Waals surface area contributed by atoms with Crippen LogP contribution in [-0.2, 0) is 16.8 Å². The molecule has 1 saturated heterocycles. The van der Waals surface area contributed by atoms with Crippen LogP contribution >= 0.6 is 0 Å². The molecule has 3 N–H and O–H groups in total.